The molecule has 0 fully saturated rings. The van der Waals surface area contributed by atoms with Gasteiger partial charge in [0.05, 0.1) is 6.54 Å². The number of aryl methyl sites for hydroxylation is 3. The van der Waals surface area contributed by atoms with Crippen LogP contribution in [0.25, 0.3) is 0 Å². The molecule has 110 valence electrons. The highest BCUT2D eigenvalue weighted by Crippen LogP contribution is 2.20. The third-order valence-corrected chi connectivity index (χ3v) is 4.00. The van der Waals surface area contributed by atoms with Crippen molar-refractivity contribution >= 4 is 11.5 Å². The number of anilines is 1. The maximum atomic E-state index is 12.5. The van der Waals surface area contributed by atoms with Crippen molar-refractivity contribution in [3.63, 3.8) is 0 Å². The van der Waals surface area contributed by atoms with Crippen molar-refractivity contribution in [1.82, 2.24) is 0 Å². The van der Waals surface area contributed by atoms with Gasteiger partial charge in [-0.2, -0.15) is 0 Å². The van der Waals surface area contributed by atoms with Crippen LogP contribution < -0.4 is 4.90 Å². The Hall–Kier alpha value is -2.09. The quantitative estimate of drug-likeness (QED) is 0.761. The first-order chi connectivity index (χ1) is 10.0. The molecule has 0 aromatic heterocycles. The van der Waals surface area contributed by atoms with Crippen LogP contribution in [0.5, 0.6) is 0 Å². The van der Waals surface area contributed by atoms with E-state index < -0.39 is 0 Å². The third-order valence-electron chi connectivity index (χ3n) is 4.00. The average molecular weight is 281 g/mol. The number of carbonyl (C=O) groups excluding carboxylic acids is 1. The average Bonchev–Trinajstić information content (AvgIpc) is 2.48. The highest BCUT2D eigenvalue weighted by molar-refractivity contribution is 5.99. The summed E-state index contributed by atoms with van der Waals surface area (Å²) in [5, 5.41) is 0. The first-order valence-electron chi connectivity index (χ1n) is 7.44. The smallest absolute Gasteiger partial charge is 0.182 e. The minimum atomic E-state index is 0.170. The number of likely N-dealkylation sites (N-methyl/N-ethyl adjacent to an activating group) is 1. The van der Waals surface area contributed by atoms with Crippen LogP contribution in [0.3, 0.4) is 0 Å². The second kappa shape index (κ2) is 6.57. The van der Waals surface area contributed by atoms with Gasteiger partial charge in [-0.05, 0) is 56.5 Å². The number of hydrogen-bond donors (Lipinski definition) is 0. The summed E-state index contributed by atoms with van der Waals surface area (Å²) in [7, 11) is 0. The highest BCUT2D eigenvalue weighted by Gasteiger charge is 2.13. The fraction of sp³-hybridized carbons (Fsp3) is 0.316. The molecule has 0 aliphatic heterocycles. The topological polar surface area (TPSA) is 20.3 Å². The Balaban J connectivity index is 2.20. The van der Waals surface area contributed by atoms with Gasteiger partial charge in [-0.15, -0.1) is 0 Å². The summed E-state index contributed by atoms with van der Waals surface area (Å²) >= 11 is 0. The number of ketones is 1. The maximum Gasteiger partial charge on any atom is 0.182 e. The molecule has 2 aromatic carbocycles. The van der Waals surface area contributed by atoms with Crippen LogP contribution in [0.15, 0.2) is 42.5 Å². The molecule has 0 saturated carbocycles. The van der Waals surface area contributed by atoms with Crippen molar-refractivity contribution in [2.45, 2.75) is 27.7 Å². The molecule has 0 aliphatic rings. The van der Waals surface area contributed by atoms with Gasteiger partial charge in [-0.25, -0.2) is 0 Å². The van der Waals surface area contributed by atoms with Gasteiger partial charge < -0.3 is 4.90 Å². The van der Waals surface area contributed by atoms with Crippen LogP contribution >= 0.6 is 0 Å². The summed E-state index contributed by atoms with van der Waals surface area (Å²) < 4.78 is 0. The lowest BCUT2D eigenvalue weighted by atomic mass is 10.0. The van der Waals surface area contributed by atoms with Gasteiger partial charge >= 0.3 is 0 Å². The molecule has 0 heterocycles. The fourth-order valence-electron chi connectivity index (χ4n) is 2.47. The molecule has 2 rings (SSSR count). The van der Waals surface area contributed by atoms with E-state index in [0.717, 1.165) is 17.8 Å². The van der Waals surface area contributed by atoms with Gasteiger partial charge in [0.2, 0.25) is 0 Å². The van der Waals surface area contributed by atoms with E-state index in [1.54, 1.807) is 0 Å². The summed E-state index contributed by atoms with van der Waals surface area (Å²) in [5.74, 6) is 0.170. The second-order valence-corrected chi connectivity index (χ2v) is 5.52. The van der Waals surface area contributed by atoms with Crippen molar-refractivity contribution in [1.29, 1.82) is 0 Å². The van der Waals surface area contributed by atoms with E-state index >= 15 is 0 Å². The lowest BCUT2D eigenvalue weighted by Gasteiger charge is -2.24. The Morgan fingerprint density at radius 3 is 2.29 bits per heavy atom. The van der Waals surface area contributed by atoms with Gasteiger partial charge in [0.25, 0.3) is 0 Å². The molecule has 2 heteroatoms. The van der Waals surface area contributed by atoms with Gasteiger partial charge in [0.15, 0.2) is 5.78 Å². The first-order valence-corrected chi connectivity index (χ1v) is 7.44. The van der Waals surface area contributed by atoms with Crippen molar-refractivity contribution in [3.05, 3.63) is 64.7 Å². The molecule has 21 heavy (non-hydrogen) atoms. The molecular formula is C19H23NO. The fourth-order valence-corrected chi connectivity index (χ4v) is 2.47. The Bertz CT molecular complexity index is 646. The number of Topliss-reactive ketones (excluding diaryl/α,β-unsaturated/α-hetero) is 1. The summed E-state index contributed by atoms with van der Waals surface area (Å²) in [5.41, 5.74) is 5.52. The highest BCUT2D eigenvalue weighted by atomic mass is 16.1. The van der Waals surface area contributed by atoms with Crippen LogP contribution in [0.2, 0.25) is 0 Å². The van der Waals surface area contributed by atoms with E-state index in [0.29, 0.717) is 6.54 Å². The summed E-state index contributed by atoms with van der Waals surface area (Å²) in [6, 6.07) is 14.1. The Morgan fingerprint density at radius 2 is 1.67 bits per heavy atom. The van der Waals surface area contributed by atoms with Crippen LogP contribution in [0, 0.1) is 20.8 Å². The molecule has 0 spiro atoms. The lowest BCUT2D eigenvalue weighted by molar-refractivity contribution is 0.0999. The van der Waals surface area contributed by atoms with Crippen molar-refractivity contribution < 1.29 is 4.79 Å². The largest absolute Gasteiger partial charge is 0.364 e. The van der Waals surface area contributed by atoms with Crippen LogP contribution in [-0.2, 0) is 0 Å². The van der Waals surface area contributed by atoms with Crippen LogP contribution in [0.1, 0.15) is 34.0 Å². The molecule has 0 unspecified atom stereocenters. The van der Waals surface area contributed by atoms with E-state index in [1.807, 2.05) is 37.3 Å². The SMILES string of the molecule is CCN(CC(=O)c1ccc(C)c(C)c1)c1ccccc1C. The molecule has 0 saturated heterocycles. The Labute approximate surface area is 127 Å². The number of benzene rings is 2. The standard InChI is InChI=1S/C19H23NO/c1-5-20(18-9-7-6-8-15(18)3)13-19(21)17-11-10-14(2)16(4)12-17/h6-12H,5,13H2,1-4H3. The van der Waals surface area contributed by atoms with E-state index in [1.165, 1.54) is 16.7 Å². The Morgan fingerprint density at radius 1 is 0.952 bits per heavy atom. The second-order valence-electron chi connectivity index (χ2n) is 5.52. The first kappa shape index (κ1) is 15.3. The maximum absolute atomic E-state index is 12.5. The number of para-hydroxylation sites is 1. The van der Waals surface area contributed by atoms with Crippen molar-refractivity contribution in [3.8, 4) is 0 Å². The predicted octanol–water partition coefficient (Wildman–Crippen LogP) is 4.32. The molecule has 0 atom stereocenters. The number of carbonyl (C=O) groups is 1. The minimum Gasteiger partial charge on any atom is -0.364 e. The molecule has 0 bridgehead atoms. The lowest BCUT2D eigenvalue weighted by Crippen LogP contribution is -2.30. The molecule has 2 nitrogen and oxygen atoms in total. The summed E-state index contributed by atoms with van der Waals surface area (Å²) in [6.07, 6.45) is 0. The van der Waals surface area contributed by atoms with E-state index in [-0.39, 0.29) is 5.78 Å². The molecule has 2 aromatic rings. The van der Waals surface area contributed by atoms with Crippen molar-refractivity contribution in [2.75, 3.05) is 18.0 Å². The normalized spacial score (nSPS) is 10.5. The van der Waals surface area contributed by atoms with Gasteiger partial charge in [0.1, 0.15) is 0 Å². The summed E-state index contributed by atoms with van der Waals surface area (Å²) in [4.78, 5) is 14.7. The van der Waals surface area contributed by atoms with Crippen molar-refractivity contribution in [2.24, 2.45) is 0 Å². The molecule has 0 amide bonds. The molecular weight excluding hydrogens is 258 g/mol. The molecule has 0 aliphatic carbocycles. The number of rotatable bonds is 5. The van der Waals surface area contributed by atoms with Crippen LogP contribution in [-0.4, -0.2) is 18.9 Å². The Kier molecular flexibility index (Phi) is 4.79. The van der Waals surface area contributed by atoms with E-state index in [4.69, 9.17) is 0 Å². The number of nitrogens with zero attached hydrogens (tertiary/aromatic N) is 1. The van der Waals surface area contributed by atoms with Crippen LogP contribution in [0.4, 0.5) is 5.69 Å². The third kappa shape index (κ3) is 3.52. The number of hydrogen-bond acceptors (Lipinski definition) is 2. The van der Waals surface area contributed by atoms with E-state index in [2.05, 4.69) is 37.8 Å². The molecule has 0 radical (unpaired) electrons. The zero-order valence-corrected chi connectivity index (χ0v) is 13.3. The zero-order chi connectivity index (χ0) is 15.4. The molecule has 0 N–H and O–H groups in total. The monoisotopic (exact) mass is 281 g/mol. The van der Waals surface area contributed by atoms with Gasteiger partial charge in [-0.3, -0.25) is 4.79 Å². The van der Waals surface area contributed by atoms with Gasteiger partial charge in [-0.1, -0.05) is 30.3 Å². The minimum absolute atomic E-state index is 0.170. The predicted molar refractivity (Wildman–Crippen MR) is 89.3 cm³/mol. The van der Waals surface area contributed by atoms with E-state index in [9.17, 15) is 4.79 Å². The van der Waals surface area contributed by atoms with Gasteiger partial charge in [0, 0.05) is 17.8 Å². The summed E-state index contributed by atoms with van der Waals surface area (Å²) in [6.45, 7) is 9.52. The zero-order valence-electron chi connectivity index (χ0n) is 13.3.